The van der Waals surface area contributed by atoms with Gasteiger partial charge in [0.05, 0.1) is 0 Å². The molecule has 0 aromatic carbocycles. The van der Waals surface area contributed by atoms with Crippen molar-refractivity contribution in [2.24, 2.45) is 0 Å². The fourth-order valence-corrected chi connectivity index (χ4v) is 0.532. The third kappa shape index (κ3) is 6.66. The van der Waals surface area contributed by atoms with Gasteiger partial charge in [-0.1, -0.05) is 0 Å². The Bertz CT molecular complexity index is 48.1. The van der Waals surface area contributed by atoms with Crippen molar-refractivity contribution >= 4 is 25.3 Å². The van der Waals surface area contributed by atoms with Gasteiger partial charge in [0.15, 0.2) is 4.27 Å². The lowest BCUT2D eigenvalue weighted by atomic mass is 10.8. The van der Waals surface area contributed by atoms with E-state index in [1.807, 2.05) is 6.92 Å². The van der Waals surface area contributed by atoms with Crippen molar-refractivity contribution in [3.63, 3.8) is 0 Å². The Morgan fingerprint density at radius 2 is 2.00 bits per heavy atom. The lowest BCUT2D eigenvalue weighted by molar-refractivity contribution is 0.117. The number of rotatable bonds is 2. The van der Waals surface area contributed by atoms with Crippen LogP contribution in [-0.4, -0.2) is 10.9 Å². The molecule has 0 saturated heterocycles. The number of hydrogen-bond acceptors (Lipinski definition) is 3. The van der Waals surface area contributed by atoms with Gasteiger partial charge in [-0.25, -0.2) is 0 Å². The second-order valence-corrected chi connectivity index (χ2v) is 3.43. The molecule has 0 aliphatic carbocycles. The molecule has 0 bridgehead atoms. The lowest BCUT2D eigenvalue weighted by Gasteiger charge is -2.14. The molecule has 0 aromatic heterocycles. The van der Waals surface area contributed by atoms with Gasteiger partial charge in [-0.05, 0) is 13.8 Å². The van der Waals surface area contributed by atoms with Crippen molar-refractivity contribution in [1.29, 1.82) is 0 Å². The van der Waals surface area contributed by atoms with Gasteiger partial charge in [-0.3, -0.25) is 0 Å². The largest absolute Gasteiger partial charge is 0.356 e. The van der Waals surface area contributed by atoms with E-state index in [9.17, 15) is 0 Å². The SMILES string of the molecule is CCOC(C)(S)S. The molecule has 0 aromatic rings. The summed E-state index contributed by atoms with van der Waals surface area (Å²) in [5, 5.41) is 0. The van der Waals surface area contributed by atoms with Gasteiger partial charge in [0.1, 0.15) is 0 Å². The number of thiol groups is 2. The van der Waals surface area contributed by atoms with Gasteiger partial charge in [0.25, 0.3) is 0 Å². The first kappa shape index (κ1) is 7.66. The molecule has 0 atom stereocenters. The normalized spacial score (nSPS) is 12.0. The zero-order valence-electron chi connectivity index (χ0n) is 4.51. The highest BCUT2D eigenvalue weighted by molar-refractivity contribution is 8.00. The minimum absolute atomic E-state index is 0.561. The Hall–Kier alpha value is 0.660. The van der Waals surface area contributed by atoms with Crippen LogP contribution in [0.1, 0.15) is 13.8 Å². The summed E-state index contributed by atoms with van der Waals surface area (Å²) >= 11 is 7.95. The smallest absolute Gasteiger partial charge is 0.152 e. The molecule has 0 aliphatic heterocycles. The second-order valence-electron chi connectivity index (χ2n) is 1.37. The Labute approximate surface area is 55.3 Å². The van der Waals surface area contributed by atoms with E-state index in [0.717, 1.165) is 0 Å². The Morgan fingerprint density at radius 1 is 1.57 bits per heavy atom. The molecule has 0 N–H and O–H groups in total. The lowest BCUT2D eigenvalue weighted by Crippen LogP contribution is -2.11. The van der Waals surface area contributed by atoms with Crippen LogP contribution in [0.2, 0.25) is 0 Å². The standard InChI is InChI=1S/C4H10OS2/c1-3-5-4(2,6)7/h6-7H,3H2,1-2H3. The van der Waals surface area contributed by atoms with Gasteiger partial charge < -0.3 is 4.74 Å². The molecule has 0 rings (SSSR count). The molecule has 3 heteroatoms. The Kier molecular flexibility index (Phi) is 3.11. The topological polar surface area (TPSA) is 9.23 Å². The Balaban J connectivity index is 3.15. The van der Waals surface area contributed by atoms with Crippen molar-refractivity contribution < 1.29 is 4.74 Å². The van der Waals surface area contributed by atoms with Crippen LogP contribution < -0.4 is 0 Å². The molecule has 0 unspecified atom stereocenters. The van der Waals surface area contributed by atoms with Crippen LogP contribution in [-0.2, 0) is 4.74 Å². The minimum Gasteiger partial charge on any atom is -0.356 e. The number of hydrogen-bond donors (Lipinski definition) is 2. The molecule has 0 saturated carbocycles. The van der Waals surface area contributed by atoms with E-state index in [2.05, 4.69) is 25.3 Å². The molecule has 7 heavy (non-hydrogen) atoms. The van der Waals surface area contributed by atoms with Crippen LogP contribution in [0, 0.1) is 0 Å². The average Bonchev–Trinajstić information content (AvgIpc) is 1.30. The first-order chi connectivity index (χ1) is 3.06. The molecule has 0 spiro atoms. The predicted molar refractivity (Wildman–Crippen MR) is 38.0 cm³/mol. The zero-order chi connectivity index (χ0) is 5.91. The molecule has 0 radical (unpaired) electrons. The summed E-state index contributed by atoms with van der Waals surface area (Å²) in [7, 11) is 0. The van der Waals surface area contributed by atoms with Crippen LogP contribution in [0.25, 0.3) is 0 Å². The molecular weight excluding hydrogens is 128 g/mol. The molecule has 0 aliphatic rings. The minimum atomic E-state index is -0.561. The van der Waals surface area contributed by atoms with Crippen molar-refractivity contribution in [3.05, 3.63) is 0 Å². The van der Waals surface area contributed by atoms with Crippen LogP contribution in [0.4, 0.5) is 0 Å². The average molecular weight is 138 g/mol. The van der Waals surface area contributed by atoms with Gasteiger partial charge in [0.2, 0.25) is 0 Å². The quantitative estimate of drug-likeness (QED) is 0.435. The second kappa shape index (κ2) is 2.84. The van der Waals surface area contributed by atoms with Crippen LogP contribution in [0.15, 0.2) is 0 Å². The maximum atomic E-state index is 4.96. The first-order valence-corrected chi connectivity index (χ1v) is 3.04. The van der Waals surface area contributed by atoms with E-state index in [0.29, 0.717) is 6.61 Å². The summed E-state index contributed by atoms with van der Waals surface area (Å²) in [6, 6.07) is 0. The first-order valence-electron chi connectivity index (χ1n) is 2.15. The Morgan fingerprint density at radius 3 is 2.00 bits per heavy atom. The van der Waals surface area contributed by atoms with Crippen molar-refractivity contribution in [3.8, 4) is 0 Å². The maximum Gasteiger partial charge on any atom is 0.152 e. The van der Waals surface area contributed by atoms with Gasteiger partial charge in [-0.15, -0.1) is 25.3 Å². The third-order valence-electron chi connectivity index (χ3n) is 0.418. The van der Waals surface area contributed by atoms with E-state index in [1.165, 1.54) is 0 Å². The summed E-state index contributed by atoms with van der Waals surface area (Å²) in [4.78, 5) is 0. The van der Waals surface area contributed by atoms with E-state index in [1.54, 1.807) is 6.92 Å². The summed E-state index contributed by atoms with van der Waals surface area (Å²) in [5.74, 6) is 0. The summed E-state index contributed by atoms with van der Waals surface area (Å²) < 4.78 is 4.40. The molecule has 1 nitrogen and oxygen atoms in total. The van der Waals surface area contributed by atoms with E-state index in [-0.39, 0.29) is 0 Å². The maximum absolute atomic E-state index is 4.96. The molecule has 0 heterocycles. The van der Waals surface area contributed by atoms with Gasteiger partial charge >= 0.3 is 0 Å². The highest BCUT2D eigenvalue weighted by Crippen LogP contribution is 2.18. The summed E-state index contributed by atoms with van der Waals surface area (Å²) in [5.41, 5.74) is 0. The van der Waals surface area contributed by atoms with Crippen molar-refractivity contribution in [2.45, 2.75) is 18.1 Å². The van der Waals surface area contributed by atoms with Crippen LogP contribution in [0.5, 0.6) is 0 Å². The van der Waals surface area contributed by atoms with Crippen molar-refractivity contribution in [1.82, 2.24) is 0 Å². The zero-order valence-corrected chi connectivity index (χ0v) is 6.30. The highest BCUT2D eigenvalue weighted by atomic mass is 32.2. The van der Waals surface area contributed by atoms with E-state index in [4.69, 9.17) is 4.74 Å². The molecular formula is C4H10OS2. The number of ether oxygens (including phenoxy) is 1. The monoisotopic (exact) mass is 138 g/mol. The van der Waals surface area contributed by atoms with Crippen molar-refractivity contribution in [2.75, 3.05) is 6.61 Å². The third-order valence-corrected chi connectivity index (χ3v) is 0.676. The van der Waals surface area contributed by atoms with E-state index < -0.39 is 4.27 Å². The fourth-order valence-electron chi connectivity index (χ4n) is 0.273. The predicted octanol–water partition coefficient (Wildman–Crippen LogP) is 1.56. The summed E-state index contributed by atoms with van der Waals surface area (Å²) in [6.07, 6.45) is 0. The van der Waals surface area contributed by atoms with Crippen LogP contribution in [0.3, 0.4) is 0 Å². The fraction of sp³-hybridized carbons (Fsp3) is 1.00. The summed E-state index contributed by atoms with van der Waals surface area (Å²) in [6.45, 7) is 4.34. The van der Waals surface area contributed by atoms with Gasteiger partial charge in [-0.2, -0.15) is 0 Å². The van der Waals surface area contributed by atoms with Gasteiger partial charge in [0, 0.05) is 6.61 Å². The molecule has 0 fully saturated rings. The highest BCUT2D eigenvalue weighted by Gasteiger charge is 2.09. The molecule has 44 valence electrons. The van der Waals surface area contributed by atoms with Crippen LogP contribution >= 0.6 is 25.3 Å². The van der Waals surface area contributed by atoms with E-state index >= 15 is 0 Å². The molecule has 0 amide bonds.